The lowest BCUT2D eigenvalue weighted by atomic mass is 10.0. The first kappa shape index (κ1) is 19.7. The van der Waals surface area contributed by atoms with Gasteiger partial charge in [0.1, 0.15) is 10.0 Å². The third-order valence-electron chi connectivity index (χ3n) is 4.51. The fourth-order valence-corrected chi connectivity index (χ4v) is 5.59. The number of carbonyl (C=O) groups excluding carboxylic acids is 1. The molecule has 142 valence electrons. The molecular formula is C21H25N3OS2. The largest absolute Gasteiger partial charge is 0.314 e. The zero-order valence-electron chi connectivity index (χ0n) is 16.0. The van der Waals surface area contributed by atoms with E-state index in [1.165, 1.54) is 21.2 Å². The van der Waals surface area contributed by atoms with E-state index in [2.05, 4.69) is 29.8 Å². The van der Waals surface area contributed by atoms with Crippen LogP contribution in [0.15, 0.2) is 36.9 Å². The van der Waals surface area contributed by atoms with Gasteiger partial charge in [0, 0.05) is 23.5 Å². The van der Waals surface area contributed by atoms with E-state index in [1.54, 1.807) is 22.7 Å². The molecule has 0 saturated carbocycles. The summed E-state index contributed by atoms with van der Waals surface area (Å²) in [5.41, 5.74) is 3.45. The van der Waals surface area contributed by atoms with Crippen LogP contribution in [0.25, 0.3) is 20.8 Å². The van der Waals surface area contributed by atoms with Crippen LogP contribution in [-0.2, 0) is 17.8 Å². The average Bonchev–Trinajstić information content (AvgIpc) is 3.28. The highest BCUT2D eigenvalue weighted by atomic mass is 32.1. The van der Waals surface area contributed by atoms with E-state index in [1.807, 2.05) is 32.0 Å². The van der Waals surface area contributed by atoms with Crippen molar-refractivity contribution in [3.05, 3.63) is 47.4 Å². The highest BCUT2D eigenvalue weighted by molar-refractivity contribution is 7.22. The molecule has 1 amide bonds. The third kappa shape index (κ3) is 3.98. The number of anilines is 1. The summed E-state index contributed by atoms with van der Waals surface area (Å²) < 4.78 is 1.17. The Kier molecular flexibility index (Phi) is 6.42. The van der Waals surface area contributed by atoms with E-state index in [0.29, 0.717) is 0 Å². The van der Waals surface area contributed by atoms with Crippen molar-refractivity contribution in [2.45, 2.75) is 33.7 Å². The number of thiazole rings is 1. The monoisotopic (exact) mass is 399 g/mol. The first-order chi connectivity index (χ1) is 13.2. The number of nitrogens with zero attached hydrogens (tertiary/aromatic N) is 2. The van der Waals surface area contributed by atoms with Crippen molar-refractivity contribution < 1.29 is 4.79 Å². The van der Waals surface area contributed by atoms with Crippen molar-refractivity contribution in [1.82, 2.24) is 9.88 Å². The van der Waals surface area contributed by atoms with Gasteiger partial charge in [-0.2, -0.15) is 0 Å². The second-order valence-corrected chi connectivity index (χ2v) is 8.14. The van der Waals surface area contributed by atoms with E-state index in [4.69, 9.17) is 4.98 Å². The highest BCUT2D eigenvalue weighted by Gasteiger charge is 2.26. The number of thiophene rings is 1. The second kappa shape index (κ2) is 8.78. The van der Waals surface area contributed by atoms with Crippen LogP contribution in [0, 0.1) is 0 Å². The Morgan fingerprint density at radius 1 is 1.33 bits per heavy atom. The highest BCUT2D eigenvalue weighted by Crippen LogP contribution is 2.45. The standard InChI is InChI=1S/C19H19N3OS2.C2H6/c1-3-16(23)21-19-17(12-9-10-22(4-2)11-15(12)25-19)18-20-13-7-5-6-8-14(13)24-18;1-2/h3,5-8H,1,4,9-11H2,2H3,(H,21,23);1-2H3. The fourth-order valence-electron chi connectivity index (χ4n) is 3.18. The Morgan fingerprint density at radius 3 is 2.81 bits per heavy atom. The Morgan fingerprint density at radius 2 is 2.11 bits per heavy atom. The molecule has 1 aromatic carbocycles. The van der Waals surface area contributed by atoms with E-state index >= 15 is 0 Å². The molecule has 3 heterocycles. The van der Waals surface area contributed by atoms with Crippen molar-refractivity contribution in [3.8, 4) is 10.6 Å². The zero-order chi connectivity index (χ0) is 19.4. The van der Waals surface area contributed by atoms with Gasteiger partial charge in [-0.05, 0) is 36.7 Å². The predicted molar refractivity (Wildman–Crippen MR) is 118 cm³/mol. The molecule has 0 aliphatic carbocycles. The number of hydrogen-bond donors (Lipinski definition) is 1. The molecule has 0 radical (unpaired) electrons. The van der Waals surface area contributed by atoms with E-state index in [0.717, 1.165) is 47.1 Å². The SMILES string of the molecule is C=CC(=O)Nc1sc2c(c1-c1nc3ccccc3s1)CCN(CC)C2.CC. The number of hydrogen-bond acceptors (Lipinski definition) is 5. The molecule has 4 rings (SSSR count). The number of para-hydroxylation sites is 1. The number of aromatic nitrogens is 1. The van der Waals surface area contributed by atoms with Gasteiger partial charge < -0.3 is 5.32 Å². The maximum atomic E-state index is 11.9. The number of amides is 1. The van der Waals surface area contributed by atoms with Crippen LogP contribution in [0.3, 0.4) is 0 Å². The number of rotatable bonds is 4. The van der Waals surface area contributed by atoms with Crippen LogP contribution in [0.2, 0.25) is 0 Å². The third-order valence-corrected chi connectivity index (χ3v) is 6.70. The summed E-state index contributed by atoms with van der Waals surface area (Å²) in [5.74, 6) is -0.173. The lowest BCUT2D eigenvalue weighted by Gasteiger charge is -2.25. The number of likely N-dealkylation sites (N-methyl/N-ethyl adjacent to an activating group) is 1. The maximum absolute atomic E-state index is 11.9. The normalized spacial score (nSPS) is 13.6. The molecule has 0 atom stereocenters. The molecule has 0 saturated heterocycles. The van der Waals surface area contributed by atoms with Crippen LogP contribution in [0.1, 0.15) is 31.2 Å². The molecule has 3 aromatic rings. The van der Waals surface area contributed by atoms with Gasteiger partial charge in [-0.25, -0.2) is 4.98 Å². The van der Waals surface area contributed by atoms with Gasteiger partial charge in [-0.1, -0.05) is 39.5 Å². The molecule has 1 aliphatic heterocycles. The lowest BCUT2D eigenvalue weighted by molar-refractivity contribution is -0.111. The first-order valence-electron chi connectivity index (χ1n) is 9.36. The summed E-state index contributed by atoms with van der Waals surface area (Å²) in [6, 6.07) is 8.17. The average molecular weight is 400 g/mol. The van der Waals surface area contributed by atoms with Crippen LogP contribution in [-0.4, -0.2) is 28.9 Å². The molecule has 1 N–H and O–H groups in total. The summed E-state index contributed by atoms with van der Waals surface area (Å²) in [4.78, 5) is 20.5. The van der Waals surface area contributed by atoms with E-state index < -0.39 is 0 Å². The van der Waals surface area contributed by atoms with Gasteiger partial charge in [0.05, 0.1) is 10.2 Å². The quantitative estimate of drug-likeness (QED) is 0.585. The summed E-state index contributed by atoms with van der Waals surface area (Å²) in [6.45, 7) is 12.8. The molecule has 0 bridgehead atoms. The van der Waals surface area contributed by atoms with Gasteiger partial charge in [0.2, 0.25) is 5.91 Å². The molecule has 6 heteroatoms. The minimum atomic E-state index is -0.173. The van der Waals surface area contributed by atoms with Gasteiger partial charge in [0.15, 0.2) is 0 Å². The van der Waals surface area contributed by atoms with Crippen molar-refractivity contribution in [3.63, 3.8) is 0 Å². The topological polar surface area (TPSA) is 45.2 Å². The summed E-state index contributed by atoms with van der Waals surface area (Å²) >= 11 is 3.36. The number of carbonyl (C=O) groups is 1. The smallest absolute Gasteiger partial charge is 0.248 e. The Balaban J connectivity index is 0.00000102. The van der Waals surface area contributed by atoms with Crippen molar-refractivity contribution >= 4 is 43.8 Å². The molecule has 0 spiro atoms. The number of fused-ring (bicyclic) bond motifs is 2. The van der Waals surface area contributed by atoms with E-state index in [9.17, 15) is 4.79 Å². The van der Waals surface area contributed by atoms with Gasteiger partial charge in [-0.3, -0.25) is 9.69 Å². The Labute approximate surface area is 168 Å². The molecule has 4 nitrogen and oxygen atoms in total. The molecule has 2 aromatic heterocycles. The molecule has 0 fully saturated rings. The van der Waals surface area contributed by atoms with Crippen LogP contribution >= 0.6 is 22.7 Å². The van der Waals surface area contributed by atoms with Crippen molar-refractivity contribution in [1.29, 1.82) is 0 Å². The summed E-state index contributed by atoms with van der Waals surface area (Å²) in [5, 5.41) is 4.89. The van der Waals surface area contributed by atoms with E-state index in [-0.39, 0.29) is 5.91 Å². The molecule has 0 unspecified atom stereocenters. The Hall–Kier alpha value is -2.02. The maximum Gasteiger partial charge on any atom is 0.248 e. The summed E-state index contributed by atoms with van der Waals surface area (Å²) in [6.07, 6.45) is 2.31. The summed E-state index contributed by atoms with van der Waals surface area (Å²) in [7, 11) is 0. The zero-order valence-corrected chi connectivity index (χ0v) is 17.7. The number of benzene rings is 1. The van der Waals surface area contributed by atoms with Crippen LogP contribution in [0.5, 0.6) is 0 Å². The van der Waals surface area contributed by atoms with Crippen LogP contribution in [0.4, 0.5) is 5.00 Å². The van der Waals surface area contributed by atoms with Gasteiger partial charge in [0.25, 0.3) is 0 Å². The van der Waals surface area contributed by atoms with Crippen molar-refractivity contribution in [2.24, 2.45) is 0 Å². The number of nitrogens with one attached hydrogen (secondary N) is 1. The second-order valence-electron chi connectivity index (χ2n) is 6.01. The Bertz CT molecular complexity index is 925. The minimum Gasteiger partial charge on any atom is -0.314 e. The van der Waals surface area contributed by atoms with Crippen molar-refractivity contribution in [2.75, 3.05) is 18.4 Å². The van der Waals surface area contributed by atoms with Gasteiger partial charge in [-0.15, -0.1) is 22.7 Å². The first-order valence-corrected chi connectivity index (χ1v) is 11.0. The minimum absolute atomic E-state index is 0.173. The fraction of sp³-hybridized carbons (Fsp3) is 0.333. The molecular weight excluding hydrogens is 374 g/mol. The molecule has 1 aliphatic rings. The predicted octanol–water partition coefficient (Wildman–Crippen LogP) is 5.55. The van der Waals surface area contributed by atoms with Crippen LogP contribution < -0.4 is 5.32 Å². The van der Waals surface area contributed by atoms with Gasteiger partial charge >= 0.3 is 0 Å². The lowest BCUT2D eigenvalue weighted by Crippen LogP contribution is -2.29. The molecule has 27 heavy (non-hydrogen) atoms.